The van der Waals surface area contributed by atoms with Gasteiger partial charge in [0.15, 0.2) is 16.8 Å². The molecule has 0 spiro atoms. The van der Waals surface area contributed by atoms with Crippen LogP contribution in [0, 0.1) is 20.8 Å². The van der Waals surface area contributed by atoms with Gasteiger partial charge < -0.3 is 4.57 Å². The molecule has 0 radical (unpaired) electrons. The van der Waals surface area contributed by atoms with E-state index in [1.165, 1.54) is 17.3 Å². The first-order chi connectivity index (χ1) is 16.1. The van der Waals surface area contributed by atoms with Crippen LogP contribution in [0.3, 0.4) is 0 Å². The number of carbonyl (C=O) groups is 1. The summed E-state index contributed by atoms with van der Waals surface area (Å²) < 4.78 is 4.12. The molecule has 34 heavy (non-hydrogen) atoms. The second-order valence-electron chi connectivity index (χ2n) is 9.81. The first-order valence-corrected chi connectivity index (χ1v) is 12.5. The van der Waals surface area contributed by atoms with Crippen LogP contribution < -0.4 is 0 Å². The molecule has 0 saturated heterocycles. The summed E-state index contributed by atoms with van der Waals surface area (Å²) in [5, 5.41) is 9.78. The highest BCUT2D eigenvalue weighted by atomic mass is 32.2. The number of rotatable bonds is 6. The van der Waals surface area contributed by atoms with Crippen molar-refractivity contribution >= 4 is 17.5 Å². The molecule has 4 aromatic rings. The van der Waals surface area contributed by atoms with Gasteiger partial charge in [-0.1, -0.05) is 75.0 Å². The molecule has 0 fully saturated rings. The third-order valence-corrected chi connectivity index (χ3v) is 7.34. The molecule has 0 amide bonds. The Morgan fingerprint density at radius 1 is 0.971 bits per heavy atom. The van der Waals surface area contributed by atoms with Gasteiger partial charge in [0.2, 0.25) is 0 Å². The van der Waals surface area contributed by atoms with Crippen molar-refractivity contribution < 1.29 is 4.79 Å². The molecule has 0 aliphatic carbocycles. The molecule has 2 heterocycles. The van der Waals surface area contributed by atoms with Crippen molar-refractivity contribution in [2.24, 2.45) is 7.05 Å². The topological polar surface area (TPSA) is 52.7 Å². The SMILES string of the molecule is Cc1ccccc1-n1c(SCC(=O)c2cc(C)n(C)c2C)nnc1-c1ccc(C(C)(C)C)cc1. The molecule has 0 aliphatic rings. The van der Waals surface area contributed by atoms with Gasteiger partial charge in [0.25, 0.3) is 0 Å². The van der Waals surface area contributed by atoms with E-state index < -0.39 is 0 Å². The standard InChI is InChI=1S/C28H32N4OS/c1-18-10-8-9-11-24(18)32-26(21-12-14-22(15-13-21)28(4,5)6)29-30-27(32)34-17-25(33)23-16-19(2)31(7)20(23)3/h8-16H,17H2,1-7H3. The minimum absolute atomic E-state index is 0.0809. The third kappa shape index (κ3) is 4.60. The maximum absolute atomic E-state index is 13.0. The fraction of sp³-hybridized carbons (Fsp3) is 0.321. The third-order valence-electron chi connectivity index (χ3n) is 6.41. The Morgan fingerprint density at radius 3 is 2.24 bits per heavy atom. The molecule has 0 N–H and O–H groups in total. The lowest BCUT2D eigenvalue weighted by Crippen LogP contribution is -2.10. The Morgan fingerprint density at radius 2 is 1.65 bits per heavy atom. The maximum atomic E-state index is 13.0. The molecule has 6 heteroatoms. The molecule has 0 atom stereocenters. The molecule has 176 valence electrons. The highest BCUT2D eigenvalue weighted by molar-refractivity contribution is 7.99. The van der Waals surface area contributed by atoms with Crippen molar-refractivity contribution in [3.8, 4) is 17.1 Å². The lowest BCUT2D eigenvalue weighted by molar-refractivity contribution is 0.102. The fourth-order valence-electron chi connectivity index (χ4n) is 4.05. The summed E-state index contributed by atoms with van der Waals surface area (Å²) in [6.45, 7) is 12.7. The van der Waals surface area contributed by atoms with Crippen molar-refractivity contribution in [2.45, 2.75) is 52.1 Å². The van der Waals surface area contributed by atoms with Gasteiger partial charge in [0.05, 0.1) is 11.4 Å². The number of para-hydroxylation sites is 1. The second kappa shape index (κ2) is 9.26. The van der Waals surface area contributed by atoms with E-state index >= 15 is 0 Å². The number of nitrogens with zero attached hydrogens (tertiary/aromatic N) is 4. The number of Topliss-reactive ketones (excluding diaryl/α,β-unsaturated/α-hetero) is 1. The molecule has 0 bridgehead atoms. The van der Waals surface area contributed by atoms with Crippen LogP contribution in [0.15, 0.2) is 59.8 Å². The molecular weight excluding hydrogens is 440 g/mol. The van der Waals surface area contributed by atoms with Gasteiger partial charge in [0, 0.05) is 29.6 Å². The predicted molar refractivity (Wildman–Crippen MR) is 140 cm³/mol. The van der Waals surface area contributed by atoms with Crippen molar-refractivity contribution in [1.82, 2.24) is 19.3 Å². The lowest BCUT2D eigenvalue weighted by atomic mass is 9.87. The second-order valence-corrected chi connectivity index (χ2v) is 10.8. The Kier molecular flexibility index (Phi) is 6.54. The molecule has 5 nitrogen and oxygen atoms in total. The van der Waals surface area contributed by atoms with Crippen molar-refractivity contribution in [3.05, 3.63) is 82.7 Å². The van der Waals surface area contributed by atoms with E-state index in [4.69, 9.17) is 0 Å². The van der Waals surface area contributed by atoms with Gasteiger partial charge in [-0.15, -0.1) is 10.2 Å². The molecule has 0 saturated carbocycles. The molecule has 4 rings (SSSR count). The average molecular weight is 473 g/mol. The van der Waals surface area contributed by atoms with Crippen molar-refractivity contribution in [3.63, 3.8) is 0 Å². The van der Waals surface area contributed by atoms with E-state index in [2.05, 4.69) is 78.9 Å². The minimum Gasteiger partial charge on any atom is -0.351 e. The molecule has 0 unspecified atom stereocenters. The van der Waals surface area contributed by atoms with E-state index in [1.54, 1.807) is 0 Å². The quantitative estimate of drug-likeness (QED) is 0.238. The lowest BCUT2D eigenvalue weighted by Gasteiger charge is -2.19. The van der Waals surface area contributed by atoms with Crippen LogP contribution in [0.1, 0.15) is 53.6 Å². The Balaban J connectivity index is 1.71. The van der Waals surface area contributed by atoms with Crippen molar-refractivity contribution in [1.29, 1.82) is 0 Å². The summed E-state index contributed by atoms with van der Waals surface area (Å²) in [4.78, 5) is 13.0. The zero-order valence-electron chi connectivity index (χ0n) is 21.0. The largest absolute Gasteiger partial charge is 0.351 e. The average Bonchev–Trinajstić information content (AvgIpc) is 3.33. The van der Waals surface area contributed by atoms with Gasteiger partial charge >= 0.3 is 0 Å². The van der Waals surface area contributed by atoms with Gasteiger partial charge in [0.1, 0.15) is 0 Å². The number of aromatic nitrogens is 4. The van der Waals surface area contributed by atoms with Gasteiger partial charge in [-0.3, -0.25) is 9.36 Å². The Labute approximate surface area is 206 Å². The van der Waals surface area contributed by atoms with Crippen LogP contribution in [0.4, 0.5) is 0 Å². The number of ketones is 1. The first kappa shape index (κ1) is 24.0. The maximum Gasteiger partial charge on any atom is 0.196 e. The summed E-state index contributed by atoms with van der Waals surface area (Å²) in [5.74, 6) is 1.18. The van der Waals surface area contributed by atoms with Crippen LogP contribution in [0.5, 0.6) is 0 Å². The van der Waals surface area contributed by atoms with E-state index in [1.807, 2.05) is 43.7 Å². The van der Waals surface area contributed by atoms with Crippen LogP contribution in [-0.2, 0) is 12.5 Å². The highest BCUT2D eigenvalue weighted by Crippen LogP contribution is 2.31. The normalized spacial score (nSPS) is 11.7. The zero-order chi connectivity index (χ0) is 24.6. The summed E-state index contributed by atoms with van der Waals surface area (Å²) in [5.41, 5.74) is 7.33. The molecular formula is C28H32N4OS. The Bertz CT molecular complexity index is 1340. The molecule has 2 aromatic carbocycles. The van der Waals surface area contributed by atoms with Crippen molar-refractivity contribution in [2.75, 3.05) is 5.75 Å². The number of hydrogen-bond donors (Lipinski definition) is 0. The Hall–Kier alpha value is -3.12. The number of hydrogen-bond acceptors (Lipinski definition) is 4. The predicted octanol–water partition coefficient (Wildman–Crippen LogP) is 6.47. The highest BCUT2D eigenvalue weighted by Gasteiger charge is 2.21. The van der Waals surface area contributed by atoms with Crippen LogP contribution in [-0.4, -0.2) is 30.9 Å². The molecule has 2 aromatic heterocycles. The van der Waals surface area contributed by atoms with Crippen LogP contribution in [0.2, 0.25) is 0 Å². The van der Waals surface area contributed by atoms with E-state index in [9.17, 15) is 4.79 Å². The number of benzene rings is 2. The van der Waals surface area contributed by atoms with Gasteiger partial charge in [-0.2, -0.15) is 0 Å². The van der Waals surface area contributed by atoms with E-state index in [-0.39, 0.29) is 11.2 Å². The summed E-state index contributed by atoms with van der Waals surface area (Å²) in [6, 6.07) is 18.7. The van der Waals surface area contributed by atoms with E-state index in [0.29, 0.717) is 10.9 Å². The molecule has 0 aliphatic heterocycles. The van der Waals surface area contributed by atoms with Crippen LogP contribution >= 0.6 is 11.8 Å². The smallest absolute Gasteiger partial charge is 0.196 e. The first-order valence-electron chi connectivity index (χ1n) is 11.5. The van der Waals surface area contributed by atoms with Crippen LogP contribution in [0.25, 0.3) is 17.1 Å². The summed E-state index contributed by atoms with van der Waals surface area (Å²) in [6.07, 6.45) is 0. The summed E-state index contributed by atoms with van der Waals surface area (Å²) in [7, 11) is 1.99. The monoisotopic (exact) mass is 472 g/mol. The summed E-state index contributed by atoms with van der Waals surface area (Å²) >= 11 is 1.43. The van der Waals surface area contributed by atoms with Gasteiger partial charge in [-0.25, -0.2) is 0 Å². The van der Waals surface area contributed by atoms with E-state index in [0.717, 1.165) is 39.6 Å². The minimum atomic E-state index is 0.0809. The van der Waals surface area contributed by atoms with Gasteiger partial charge in [-0.05, 0) is 49.4 Å². The fourth-order valence-corrected chi connectivity index (χ4v) is 4.87. The number of thioether (sulfide) groups is 1. The number of aryl methyl sites for hydroxylation is 2. The number of carbonyl (C=O) groups excluding carboxylic acids is 1. The zero-order valence-corrected chi connectivity index (χ0v) is 21.8.